The van der Waals surface area contributed by atoms with Crippen LogP contribution >= 0.6 is 0 Å². The summed E-state index contributed by atoms with van der Waals surface area (Å²) in [5.74, 6) is -1.93. The molecule has 10 heavy (non-hydrogen) atoms. The molecule has 0 aliphatic carbocycles. The molecule has 0 radical (unpaired) electrons. The van der Waals surface area contributed by atoms with Crippen molar-refractivity contribution in [2.45, 2.75) is 12.8 Å². The fourth-order valence-corrected chi connectivity index (χ4v) is 1.29. The van der Waals surface area contributed by atoms with Crippen LogP contribution in [0.5, 0.6) is 0 Å². The Labute approximate surface area is 68.3 Å². The zero-order valence-electron chi connectivity index (χ0n) is 5.03. The van der Waals surface area contributed by atoms with E-state index in [2.05, 4.69) is 0 Å². The van der Waals surface area contributed by atoms with E-state index in [4.69, 9.17) is 10.2 Å². The van der Waals surface area contributed by atoms with Crippen LogP contribution in [0.15, 0.2) is 0 Å². The molecule has 4 nitrogen and oxygen atoms in total. The van der Waals surface area contributed by atoms with Gasteiger partial charge in [-0.05, 0) is 0 Å². The number of carboxylic acids is 2. The van der Waals surface area contributed by atoms with Gasteiger partial charge in [-0.15, -0.1) is 0 Å². The monoisotopic (exact) mass is 314 g/mol. The number of hydrogen-bond acceptors (Lipinski definition) is 2. The van der Waals surface area contributed by atoms with Gasteiger partial charge in [-0.25, -0.2) is 0 Å². The number of hydrogen-bond donors (Lipinski definition) is 2. The Balaban J connectivity index is 3.65. The molecule has 0 fully saturated rings. The fraction of sp³-hybridized carbons (Fsp3) is 0.400. The zero-order valence-corrected chi connectivity index (χ0v) is 7.97. The molecule has 0 aromatic carbocycles. The third kappa shape index (κ3) is 5.63. The van der Waals surface area contributed by atoms with E-state index in [0.29, 0.717) is 3.90 Å². The summed E-state index contributed by atoms with van der Waals surface area (Å²) in [7, 11) is 0. The molecule has 5 heteroatoms. The van der Waals surface area contributed by atoms with Crippen LogP contribution in [-0.4, -0.2) is 26.0 Å². The predicted molar refractivity (Wildman–Crippen MR) is 29.5 cm³/mol. The van der Waals surface area contributed by atoms with Gasteiger partial charge in [0, 0.05) is 0 Å². The minimum absolute atomic E-state index is 0.123. The Bertz CT molecular complexity index is 156. The van der Waals surface area contributed by atoms with Crippen molar-refractivity contribution in [2.75, 3.05) is 0 Å². The van der Waals surface area contributed by atoms with E-state index in [1.54, 1.807) is 0 Å². The summed E-state index contributed by atoms with van der Waals surface area (Å²) in [5, 5.41) is 16.4. The van der Waals surface area contributed by atoms with Crippen LogP contribution in [0.3, 0.4) is 0 Å². The second kappa shape index (κ2) is 4.34. The Morgan fingerprint density at radius 2 is 1.40 bits per heavy atom. The van der Waals surface area contributed by atoms with Gasteiger partial charge >= 0.3 is 67.8 Å². The molecule has 2 N–H and O–H groups in total. The van der Waals surface area contributed by atoms with Gasteiger partial charge in [-0.2, -0.15) is 0 Å². The van der Waals surface area contributed by atoms with Gasteiger partial charge in [0.25, 0.3) is 0 Å². The van der Waals surface area contributed by atoms with E-state index in [9.17, 15) is 9.59 Å². The summed E-state index contributed by atoms with van der Waals surface area (Å²) >= 11 is 0.930. The molecule has 0 bridgehead atoms. The van der Waals surface area contributed by atoms with Gasteiger partial charge in [0.15, 0.2) is 0 Å². The summed E-state index contributed by atoms with van der Waals surface area (Å²) in [6.07, 6.45) is -0.247. The van der Waals surface area contributed by atoms with E-state index in [0.717, 1.165) is 19.4 Å². The molecule has 0 amide bonds. The molecular weight excluding hydrogens is 308 g/mol. The second-order valence-corrected chi connectivity index (χ2v) is 3.75. The van der Waals surface area contributed by atoms with Crippen molar-refractivity contribution in [3.63, 3.8) is 0 Å². The van der Waals surface area contributed by atoms with Crippen molar-refractivity contribution < 1.29 is 39.2 Å². The van der Waals surface area contributed by atoms with Crippen LogP contribution in [0.4, 0.5) is 0 Å². The van der Waals surface area contributed by atoms with Gasteiger partial charge in [-0.1, -0.05) is 0 Å². The summed E-state index contributed by atoms with van der Waals surface area (Å²) in [5.41, 5.74) is 0. The van der Waals surface area contributed by atoms with E-state index < -0.39 is 11.9 Å². The molecule has 0 heterocycles. The Morgan fingerprint density at radius 3 is 1.60 bits per heavy atom. The van der Waals surface area contributed by atoms with Crippen LogP contribution in [0.1, 0.15) is 12.8 Å². The second-order valence-electron chi connectivity index (χ2n) is 1.68. The van der Waals surface area contributed by atoms with Gasteiger partial charge in [0.05, 0.1) is 0 Å². The number of carbonyl (C=O) groups is 2. The molecule has 0 aromatic rings. The topological polar surface area (TPSA) is 74.6 Å². The van der Waals surface area contributed by atoms with Crippen molar-refractivity contribution in [1.29, 1.82) is 0 Å². The molecule has 0 aliphatic rings. The van der Waals surface area contributed by atoms with Crippen molar-refractivity contribution in [3.8, 4) is 0 Å². The van der Waals surface area contributed by atoms with Crippen LogP contribution in [0, 0.1) is 0 Å². The average Bonchev–Trinajstić information content (AvgIpc) is 1.58. The number of carboxylic acid groups (broad SMARTS) is 2. The predicted octanol–water partition coefficient (Wildman–Crippen LogP) is -0.345. The van der Waals surface area contributed by atoms with Gasteiger partial charge < -0.3 is 0 Å². The van der Waals surface area contributed by atoms with Crippen molar-refractivity contribution >= 4 is 15.8 Å². The van der Waals surface area contributed by atoms with Crippen LogP contribution in [0.2, 0.25) is 0 Å². The number of rotatable bonds is 4. The van der Waals surface area contributed by atoms with E-state index in [1.165, 1.54) is 0 Å². The summed E-state index contributed by atoms with van der Waals surface area (Å²) in [6.45, 7) is 0. The fourth-order valence-electron chi connectivity index (χ4n) is 0.400. The van der Waals surface area contributed by atoms with Crippen LogP contribution < -0.4 is 0 Å². The minimum atomic E-state index is -0.966. The zero-order chi connectivity index (χ0) is 8.15. The first-order valence-electron chi connectivity index (χ1n) is 2.47. The van der Waals surface area contributed by atoms with E-state index >= 15 is 0 Å². The third-order valence-electron chi connectivity index (χ3n) is 0.697. The molecule has 0 saturated carbocycles. The Hall–Kier alpha value is -0.502. The Kier molecular flexibility index (Phi) is 4.12. The Morgan fingerprint density at radius 1 is 1.10 bits per heavy atom. The molecule has 0 aromatic heterocycles. The van der Waals surface area contributed by atoms with Crippen molar-refractivity contribution in [3.05, 3.63) is 0 Å². The molecule has 0 spiro atoms. The van der Waals surface area contributed by atoms with E-state index in [-0.39, 0.29) is 12.8 Å². The summed E-state index contributed by atoms with van der Waals surface area (Å²) < 4.78 is 0.542. The SMILES string of the molecule is O=C(O)C[C](=[W])CC(=O)O. The molecular formula is C5H6O4W. The third-order valence-corrected chi connectivity index (χ3v) is 1.73. The maximum atomic E-state index is 9.99. The van der Waals surface area contributed by atoms with Crippen molar-refractivity contribution in [2.24, 2.45) is 0 Å². The first-order chi connectivity index (χ1) is 4.52. The molecule has 0 saturated heterocycles. The van der Waals surface area contributed by atoms with Gasteiger partial charge in [0.1, 0.15) is 0 Å². The molecule has 0 rings (SSSR count). The van der Waals surface area contributed by atoms with Crippen LogP contribution in [0.25, 0.3) is 0 Å². The van der Waals surface area contributed by atoms with Crippen LogP contribution in [-0.2, 0) is 28.9 Å². The van der Waals surface area contributed by atoms with Crippen molar-refractivity contribution in [1.82, 2.24) is 0 Å². The van der Waals surface area contributed by atoms with Gasteiger partial charge in [-0.3, -0.25) is 0 Å². The quantitative estimate of drug-likeness (QED) is 0.744. The first kappa shape index (κ1) is 9.50. The van der Waals surface area contributed by atoms with E-state index in [1.807, 2.05) is 0 Å². The first-order valence-corrected chi connectivity index (χ1v) is 3.94. The summed E-state index contributed by atoms with van der Waals surface area (Å²) in [6, 6.07) is 0. The number of aliphatic carboxylic acids is 2. The average molecular weight is 314 g/mol. The molecule has 56 valence electrons. The molecule has 0 aliphatic heterocycles. The normalized spacial score (nSPS) is 8.80. The maximum absolute atomic E-state index is 9.99. The molecule has 0 atom stereocenters. The standard InChI is InChI=1S/C5H6O4.W/c6-4(7)2-1-3-5(8)9;/h2-3H2,(H,6,7)(H,8,9);. The summed E-state index contributed by atoms with van der Waals surface area (Å²) in [4.78, 5) is 20.0. The molecule has 0 unspecified atom stereocenters. The van der Waals surface area contributed by atoms with Gasteiger partial charge in [0.2, 0.25) is 0 Å².